The number of halogens is 2. The number of nitrogens with one attached hydrogen (secondary N) is 1. The predicted octanol–water partition coefficient (Wildman–Crippen LogP) is 4.65. The van der Waals surface area contributed by atoms with Crippen LogP contribution >= 0.6 is 23.4 Å². The molecule has 1 N–H and O–H groups in total. The maximum absolute atomic E-state index is 13.1. The van der Waals surface area contributed by atoms with Crippen molar-refractivity contribution in [1.29, 1.82) is 0 Å². The second-order valence-electron chi connectivity index (χ2n) is 5.53. The minimum Gasteiger partial charge on any atom is -0.324 e. The van der Waals surface area contributed by atoms with Gasteiger partial charge < -0.3 is 5.32 Å². The molecule has 5 nitrogen and oxygen atoms in total. The van der Waals surface area contributed by atoms with Gasteiger partial charge in [0.25, 0.3) is 0 Å². The van der Waals surface area contributed by atoms with Crippen molar-refractivity contribution in [2.75, 3.05) is 11.1 Å². The Balaban J connectivity index is 1.71. The van der Waals surface area contributed by atoms with E-state index in [1.807, 2.05) is 34.9 Å². The summed E-state index contributed by atoms with van der Waals surface area (Å²) in [6.45, 7) is 4.29. The number of nitrogens with zero attached hydrogens (tertiary/aromatic N) is 3. The minimum absolute atomic E-state index is 0.109. The molecule has 0 aliphatic carbocycles. The van der Waals surface area contributed by atoms with Crippen molar-refractivity contribution in [2.24, 2.45) is 0 Å². The monoisotopic (exact) mass is 402 g/mol. The van der Waals surface area contributed by atoms with E-state index in [2.05, 4.69) is 22.1 Å². The first kappa shape index (κ1) is 19.1. The first-order chi connectivity index (χ1) is 13.1. The van der Waals surface area contributed by atoms with Gasteiger partial charge in [0.1, 0.15) is 5.82 Å². The molecule has 0 radical (unpaired) electrons. The first-order valence-electron chi connectivity index (χ1n) is 8.05. The number of amides is 1. The Morgan fingerprint density at radius 1 is 1.26 bits per heavy atom. The standard InChI is InChI=1S/C19H16ClFN4OS/c1-2-10-25-18(13-6-4-3-5-7-13)23-24-19(25)27-12-17(26)22-16-9-8-14(21)11-15(16)20/h2-9,11H,1,10,12H2,(H,22,26). The first-order valence-corrected chi connectivity index (χ1v) is 9.42. The summed E-state index contributed by atoms with van der Waals surface area (Å²) < 4.78 is 15.0. The fourth-order valence-corrected chi connectivity index (χ4v) is 3.36. The third kappa shape index (κ3) is 4.75. The molecule has 0 spiro atoms. The molecule has 0 unspecified atom stereocenters. The van der Waals surface area contributed by atoms with E-state index in [1.165, 1.54) is 23.9 Å². The van der Waals surface area contributed by atoms with Crippen LogP contribution in [-0.4, -0.2) is 26.4 Å². The Morgan fingerprint density at radius 2 is 2.04 bits per heavy atom. The highest BCUT2D eigenvalue weighted by Crippen LogP contribution is 2.25. The van der Waals surface area contributed by atoms with E-state index in [-0.39, 0.29) is 16.7 Å². The predicted molar refractivity (Wildman–Crippen MR) is 106 cm³/mol. The summed E-state index contributed by atoms with van der Waals surface area (Å²) in [5.74, 6) is 0.0823. The summed E-state index contributed by atoms with van der Waals surface area (Å²) in [6, 6.07) is 13.5. The molecule has 138 valence electrons. The van der Waals surface area contributed by atoms with Gasteiger partial charge in [0.15, 0.2) is 11.0 Å². The third-order valence-corrected chi connectivity index (χ3v) is 4.88. The van der Waals surface area contributed by atoms with Gasteiger partial charge in [0.05, 0.1) is 16.5 Å². The van der Waals surface area contributed by atoms with E-state index >= 15 is 0 Å². The minimum atomic E-state index is -0.460. The van der Waals surface area contributed by atoms with Crippen molar-refractivity contribution in [1.82, 2.24) is 14.8 Å². The van der Waals surface area contributed by atoms with Crippen molar-refractivity contribution in [3.05, 3.63) is 72.0 Å². The average Bonchev–Trinajstić information content (AvgIpc) is 3.06. The molecular weight excluding hydrogens is 387 g/mol. The molecule has 3 rings (SSSR count). The zero-order valence-corrected chi connectivity index (χ0v) is 15.8. The van der Waals surface area contributed by atoms with Crippen LogP contribution in [0.1, 0.15) is 0 Å². The molecule has 0 aliphatic rings. The summed E-state index contributed by atoms with van der Waals surface area (Å²) in [6.07, 6.45) is 1.75. The van der Waals surface area contributed by atoms with E-state index in [4.69, 9.17) is 11.6 Å². The van der Waals surface area contributed by atoms with Crippen LogP contribution in [-0.2, 0) is 11.3 Å². The van der Waals surface area contributed by atoms with Crippen molar-refractivity contribution < 1.29 is 9.18 Å². The fraction of sp³-hybridized carbons (Fsp3) is 0.105. The van der Waals surface area contributed by atoms with Crippen molar-refractivity contribution in [3.8, 4) is 11.4 Å². The number of carbonyl (C=O) groups is 1. The Bertz CT molecular complexity index is 962. The Morgan fingerprint density at radius 3 is 2.74 bits per heavy atom. The van der Waals surface area contributed by atoms with Crippen LogP contribution in [0, 0.1) is 5.82 Å². The maximum Gasteiger partial charge on any atom is 0.234 e. The quantitative estimate of drug-likeness (QED) is 0.461. The maximum atomic E-state index is 13.1. The summed E-state index contributed by atoms with van der Waals surface area (Å²) >= 11 is 7.18. The average molecular weight is 403 g/mol. The molecule has 0 atom stereocenters. The molecule has 0 aliphatic heterocycles. The molecule has 3 aromatic rings. The van der Waals surface area contributed by atoms with Gasteiger partial charge in [-0.15, -0.1) is 16.8 Å². The van der Waals surface area contributed by atoms with Crippen molar-refractivity contribution >= 4 is 35.0 Å². The second kappa shape index (κ2) is 8.83. The van der Waals surface area contributed by atoms with Crippen LogP contribution < -0.4 is 5.32 Å². The van der Waals surface area contributed by atoms with Crippen LogP contribution in [0.2, 0.25) is 5.02 Å². The van der Waals surface area contributed by atoms with E-state index in [0.717, 1.165) is 11.6 Å². The number of allylic oxidation sites excluding steroid dienone is 1. The van der Waals surface area contributed by atoms with Gasteiger partial charge in [-0.25, -0.2) is 4.39 Å². The van der Waals surface area contributed by atoms with E-state index in [9.17, 15) is 9.18 Å². The number of benzene rings is 2. The molecule has 1 heterocycles. The third-order valence-electron chi connectivity index (χ3n) is 3.60. The lowest BCUT2D eigenvalue weighted by Crippen LogP contribution is -2.15. The lowest BCUT2D eigenvalue weighted by Gasteiger charge is -2.09. The number of hydrogen-bond acceptors (Lipinski definition) is 4. The largest absolute Gasteiger partial charge is 0.324 e. The fourth-order valence-electron chi connectivity index (χ4n) is 2.40. The van der Waals surface area contributed by atoms with Gasteiger partial charge in [0.2, 0.25) is 5.91 Å². The lowest BCUT2D eigenvalue weighted by atomic mass is 10.2. The van der Waals surface area contributed by atoms with Crippen LogP contribution in [0.5, 0.6) is 0 Å². The lowest BCUT2D eigenvalue weighted by molar-refractivity contribution is -0.113. The summed E-state index contributed by atoms with van der Waals surface area (Å²) in [4.78, 5) is 12.2. The summed E-state index contributed by atoms with van der Waals surface area (Å²) in [5, 5.41) is 11.8. The number of anilines is 1. The van der Waals surface area contributed by atoms with Gasteiger partial charge in [-0.1, -0.05) is 59.8 Å². The molecule has 27 heavy (non-hydrogen) atoms. The van der Waals surface area contributed by atoms with Crippen molar-refractivity contribution in [3.63, 3.8) is 0 Å². The van der Waals surface area contributed by atoms with Crippen LogP contribution in [0.4, 0.5) is 10.1 Å². The number of rotatable bonds is 7. The second-order valence-corrected chi connectivity index (χ2v) is 6.88. The van der Waals surface area contributed by atoms with E-state index in [1.54, 1.807) is 6.08 Å². The number of carbonyl (C=O) groups excluding carboxylic acids is 1. The van der Waals surface area contributed by atoms with Crippen molar-refractivity contribution in [2.45, 2.75) is 11.7 Å². The summed E-state index contributed by atoms with van der Waals surface area (Å²) in [7, 11) is 0. The molecule has 1 amide bonds. The van der Waals surface area contributed by atoms with Gasteiger partial charge >= 0.3 is 0 Å². The summed E-state index contributed by atoms with van der Waals surface area (Å²) in [5.41, 5.74) is 1.29. The smallest absolute Gasteiger partial charge is 0.234 e. The molecular formula is C19H16ClFN4OS. The number of thioether (sulfide) groups is 1. The molecule has 0 bridgehead atoms. The highest BCUT2D eigenvalue weighted by molar-refractivity contribution is 7.99. The molecule has 0 fully saturated rings. The van der Waals surface area contributed by atoms with Crippen LogP contribution in [0.3, 0.4) is 0 Å². The molecule has 1 aromatic heterocycles. The highest BCUT2D eigenvalue weighted by atomic mass is 35.5. The Hall–Kier alpha value is -2.64. The number of hydrogen-bond donors (Lipinski definition) is 1. The zero-order valence-electron chi connectivity index (χ0n) is 14.2. The van der Waals surface area contributed by atoms with Gasteiger partial charge in [0, 0.05) is 12.1 Å². The van der Waals surface area contributed by atoms with Crippen LogP contribution in [0.15, 0.2) is 66.3 Å². The molecule has 0 saturated heterocycles. The Kier molecular flexibility index (Phi) is 6.26. The molecule has 0 saturated carbocycles. The molecule has 8 heteroatoms. The topological polar surface area (TPSA) is 59.8 Å². The van der Waals surface area contributed by atoms with E-state index < -0.39 is 5.82 Å². The Labute approximate surface area is 165 Å². The van der Waals surface area contributed by atoms with Gasteiger partial charge in [-0.2, -0.15) is 0 Å². The zero-order chi connectivity index (χ0) is 19.2. The van der Waals surface area contributed by atoms with Gasteiger partial charge in [-0.3, -0.25) is 9.36 Å². The van der Waals surface area contributed by atoms with Crippen LogP contribution in [0.25, 0.3) is 11.4 Å². The molecule has 2 aromatic carbocycles. The number of aromatic nitrogens is 3. The van der Waals surface area contributed by atoms with E-state index in [0.29, 0.717) is 23.2 Å². The highest BCUT2D eigenvalue weighted by Gasteiger charge is 2.15. The van der Waals surface area contributed by atoms with Gasteiger partial charge in [-0.05, 0) is 18.2 Å². The normalized spacial score (nSPS) is 10.6. The SMILES string of the molecule is C=CCn1c(SCC(=O)Nc2ccc(F)cc2Cl)nnc1-c1ccccc1.